The van der Waals surface area contributed by atoms with Crippen molar-refractivity contribution in [1.82, 2.24) is 48.2 Å². The molecule has 65 heavy (non-hydrogen) atoms. The van der Waals surface area contributed by atoms with Gasteiger partial charge in [0.1, 0.15) is 0 Å². The van der Waals surface area contributed by atoms with Crippen LogP contribution in [0.15, 0.2) is 87.4 Å². The molecule has 0 radical (unpaired) electrons. The third-order valence-corrected chi connectivity index (χ3v) is 12.9. The lowest BCUT2D eigenvalue weighted by molar-refractivity contribution is 0.166. The summed E-state index contributed by atoms with van der Waals surface area (Å²) in [6.45, 7) is 4.41. The summed E-state index contributed by atoms with van der Waals surface area (Å²) in [6, 6.07) is 17.6. The van der Waals surface area contributed by atoms with Crippen LogP contribution in [0, 0.1) is 23.2 Å². The quantitative estimate of drug-likeness (QED) is 0.129. The van der Waals surface area contributed by atoms with E-state index in [4.69, 9.17) is 28.9 Å². The molecule has 8 aromatic rings. The average molecular weight is 939 g/mol. The minimum Gasteiger partial charge on any atom is -0.477 e. The molecule has 4 fully saturated rings. The number of rotatable bonds is 12. The zero-order chi connectivity index (χ0) is 44.0. The van der Waals surface area contributed by atoms with Gasteiger partial charge < -0.3 is 18.9 Å². The number of ether oxygens (including phenoxy) is 4. The highest BCUT2D eigenvalue weighted by atomic mass is 79.9. The SMILES string of the molecule is N#Cc1ccc2c(OCC3CCOC3)nc(Cn3c(=O)n(C4CC4)c4ccncc43)nc2c1.O=c1n(Cc2nc(OCC3CCOC3)c3ccc(Br)cc3n2)c2cnccc2n1C1CC1. The summed E-state index contributed by atoms with van der Waals surface area (Å²) in [5.41, 5.74) is 5.13. The molecule has 4 aliphatic rings. The first-order chi connectivity index (χ1) is 31.9. The Bertz CT molecular complexity index is 3260. The van der Waals surface area contributed by atoms with Crippen LogP contribution in [0.2, 0.25) is 0 Å². The predicted octanol–water partition coefficient (Wildman–Crippen LogP) is 6.51. The molecule has 330 valence electrons. The number of nitriles is 1. The lowest BCUT2D eigenvalue weighted by Crippen LogP contribution is -2.25. The largest absolute Gasteiger partial charge is 0.477 e. The standard InChI is InChI=1S/C24H22N6O3.C23H22BrN5O3/c25-10-15-1-4-18-19(9-15)27-22(28-23(18)33-14-16-6-8-32-13-16)12-29-21-11-26-7-5-20(21)30(24(29)31)17-2-3-17;24-15-1-4-17-18(9-15)26-21(27-22(17)32-13-14-6-8-31-12-14)11-28-20-10-25-7-5-19(20)29(23(28)30)16-2-3-16/h1,4-5,7,9,11,16-17H,2-3,6,8,12-14H2;1,4-5,7,9-10,14,16H,2-3,6,8,11-13H2. The highest BCUT2D eigenvalue weighted by molar-refractivity contribution is 9.10. The maximum absolute atomic E-state index is 13.3. The number of hydrogen-bond acceptors (Lipinski definition) is 13. The van der Waals surface area contributed by atoms with Crippen molar-refractivity contribution in [2.24, 2.45) is 11.8 Å². The van der Waals surface area contributed by atoms with Crippen LogP contribution in [-0.2, 0) is 22.6 Å². The van der Waals surface area contributed by atoms with E-state index in [2.05, 4.69) is 41.9 Å². The average Bonchev–Trinajstić information content (AvgIpc) is 4.16. The summed E-state index contributed by atoms with van der Waals surface area (Å²) in [6.07, 6.45) is 12.9. The normalized spacial score (nSPS) is 18.3. The molecule has 2 atom stereocenters. The van der Waals surface area contributed by atoms with Crippen molar-refractivity contribution in [2.45, 2.75) is 63.7 Å². The molecule has 17 nitrogen and oxygen atoms in total. The van der Waals surface area contributed by atoms with Crippen LogP contribution in [-0.4, -0.2) is 87.8 Å². The first-order valence-corrected chi connectivity index (χ1v) is 22.9. The second kappa shape index (κ2) is 17.4. The molecule has 2 saturated heterocycles. The number of fused-ring (bicyclic) bond motifs is 4. The first kappa shape index (κ1) is 41.2. The van der Waals surface area contributed by atoms with Gasteiger partial charge >= 0.3 is 11.4 Å². The fourth-order valence-corrected chi connectivity index (χ4v) is 9.08. The van der Waals surface area contributed by atoms with E-state index in [-0.39, 0.29) is 36.6 Å². The number of halogens is 1. The van der Waals surface area contributed by atoms with Crippen LogP contribution in [0.5, 0.6) is 11.8 Å². The van der Waals surface area contributed by atoms with Gasteiger partial charge in [-0.2, -0.15) is 15.2 Å². The van der Waals surface area contributed by atoms with E-state index in [1.54, 1.807) is 46.1 Å². The lowest BCUT2D eigenvalue weighted by atomic mass is 10.1. The molecule has 0 spiro atoms. The van der Waals surface area contributed by atoms with Crippen LogP contribution < -0.4 is 20.9 Å². The molecule has 6 aromatic heterocycles. The molecular formula is C47H44BrN11O6. The van der Waals surface area contributed by atoms with Crippen LogP contribution in [0.25, 0.3) is 43.9 Å². The maximum Gasteiger partial charge on any atom is 0.329 e. The zero-order valence-electron chi connectivity index (χ0n) is 35.4. The highest BCUT2D eigenvalue weighted by Gasteiger charge is 2.31. The van der Waals surface area contributed by atoms with Crippen molar-refractivity contribution >= 4 is 59.8 Å². The number of imidazole rings is 2. The number of nitrogens with zero attached hydrogens (tertiary/aromatic N) is 11. The fourth-order valence-electron chi connectivity index (χ4n) is 8.73. The third kappa shape index (κ3) is 8.35. The predicted molar refractivity (Wildman–Crippen MR) is 243 cm³/mol. The Hall–Kier alpha value is -6.55. The van der Waals surface area contributed by atoms with Gasteiger partial charge in [-0.1, -0.05) is 15.9 Å². The van der Waals surface area contributed by atoms with Gasteiger partial charge in [0.25, 0.3) is 0 Å². The second-order valence-electron chi connectivity index (χ2n) is 17.1. The van der Waals surface area contributed by atoms with E-state index in [1.807, 2.05) is 45.5 Å². The number of benzene rings is 2. The molecule has 12 rings (SSSR count). The Balaban J connectivity index is 0.000000144. The number of hydrogen-bond donors (Lipinski definition) is 0. The fraction of sp³-hybridized carbons (Fsp3) is 0.383. The smallest absolute Gasteiger partial charge is 0.329 e. The summed E-state index contributed by atoms with van der Waals surface area (Å²) in [4.78, 5) is 53.9. The third-order valence-electron chi connectivity index (χ3n) is 12.4. The Morgan fingerprint density at radius 3 is 1.63 bits per heavy atom. The number of aromatic nitrogens is 10. The van der Waals surface area contributed by atoms with Crippen LogP contribution >= 0.6 is 15.9 Å². The Kier molecular flexibility index (Phi) is 11.0. The molecule has 2 aliphatic carbocycles. The number of pyridine rings is 2. The summed E-state index contributed by atoms with van der Waals surface area (Å²) in [7, 11) is 0. The minimum atomic E-state index is -0.0828. The monoisotopic (exact) mass is 937 g/mol. The van der Waals surface area contributed by atoms with Gasteiger partial charge in [0.2, 0.25) is 11.8 Å². The lowest BCUT2D eigenvalue weighted by Gasteiger charge is -2.13. The van der Waals surface area contributed by atoms with Crippen LogP contribution in [0.4, 0.5) is 0 Å². The highest BCUT2D eigenvalue weighted by Crippen LogP contribution is 2.37. The Morgan fingerprint density at radius 2 is 1.15 bits per heavy atom. The minimum absolute atomic E-state index is 0.0426. The maximum atomic E-state index is 13.3. The van der Waals surface area contributed by atoms with Crippen molar-refractivity contribution < 1.29 is 18.9 Å². The summed E-state index contributed by atoms with van der Waals surface area (Å²) in [5.74, 6) is 2.68. The van der Waals surface area contributed by atoms with Gasteiger partial charge in [0, 0.05) is 54.0 Å². The van der Waals surface area contributed by atoms with E-state index in [1.165, 1.54) is 0 Å². The van der Waals surface area contributed by atoms with Gasteiger partial charge in [-0.05, 0) is 87.1 Å². The summed E-state index contributed by atoms with van der Waals surface area (Å²) >= 11 is 3.53. The molecule has 2 aliphatic heterocycles. The molecule has 18 heteroatoms. The second-order valence-corrected chi connectivity index (χ2v) is 18.1. The van der Waals surface area contributed by atoms with E-state index in [0.717, 1.165) is 94.6 Å². The van der Waals surface area contributed by atoms with Gasteiger partial charge in [-0.15, -0.1) is 0 Å². The van der Waals surface area contributed by atoms with Gasteiger partial charge in [0.15, 0.2) is 11.6 Å². The molecule has 8 heterocycles. The zero-order valence-corrected chi connectivity index (χ0v) is 37.0. The van der Waals surface area contributed by atoms with Crippen molar-refractivity contribution in [1.29, 1.82) is 5.26 Å². The van der Waals surface area contributed by atoms with Gasteiger partial charge in [-0.25, -0.2) is 19.6 Å². The molecule has 2 unspecified atom stereocenters. The topological polar surface area (TPSA) is 192 Å². The first-order valence-electron chi connectivity index (χ1n) is 22.1. The van der Waals surface area contributed by atoms with Crippen LogP contribution in [0.1, 0.15) is 67.8 Å². The van der Waals surface area contributed by atoms with Crippen molar-refractivity contribution in [3.05, 3.63) is 116 Å². The van der Waals surface area contributed by atoms with Gasteiger partial charge in [-0.3, -0.25) is 28.2 Å². The molecule has 0 bridgehead atoms. The van der Waals surface area contributed by atoms with E-state index >= 15 is 0 Å². The summed E-state index contributed by atoms with van der Waals surface area (Å²) < 4.78 is 31.2. The molecule has 0 amide bonds. The van der Waals surface area contributed by atoms with Gasteiger partial charge in [0.05, 0.1) is 107 Å². The van der Waals surface area contributed by atoms with E-state index in [9.17, 15) is 14.9 Å². The summed E-state index contributed by atoms with van der Waals surface area (Å²) in [5, 5.41) is 10.9. The molecular weight excluding hydrogens is 894 g/mol. The molecule has 2 saturated carbocycles. The van der Waals surface area contributed by atoms with Crippen LogP contribution in [0.3, 0.4) is 0 Å². The van der Waals surface area contributed by atoms with E-state index < -0.39 is 0 Å². The molecule has 2 aromatic carbocycles. The van der Waals surface area contributed by atoms with Crippen molar-refractivity contribution in [2.75, 3.05) is 39.6 Å². The Morgan fingerprint density at radius 1 is 0.646 bits per heavy atom. The van der Waals surface area contributed by atoms with Crippen molar-refractivity contribution in [3.8, 4) is 17.8 Å². The Labute approximate surface area is 379 Å². The molecule has 0 N–H and O–H groups in total. The van der Waals surface area contributed by atoms with Crippen molar-refractivity contribution in [3.63, 3.8) is 0 Å². The van der Waals surface area contributed by atoms with E-state index in [0.29, 0.717) is 72.8 Å².